The maximum Gasteiger partial charge on any atom is 0.153 e. The number of aliphatic hydroxyl groups is 1. The maximum atomic E-state index is 8.91. The molecule has 0 saturated heterocycles. The van der Waals surface area contributed by atoms with Crippen LogP contribution in [0.25, 0.3) is 5.65 Å². The van der Waals surface area contributed by atoms with Crippen molar-refractivity contribution in [2.75, 3.05) is 6.61 Å². The fourth-order valence-electron chi connectivity index (χ4n) is 1.22. The zero-order valence-corrected chi connectivity index (χ0v) is 8.02. The minimum absolute atomic E-state index is 0.151. The van der Waals surface area contributed by atoms with Gasteiger partial charge in [0.1, 0.15) is 5.15 Å². The first-order valence-electron chi connectivity index (χ1n) is 4.09. The van der Waals surface area contributed by atoms with Crippen LogP contribution < -0.4 is 5.73 Å². The molecule has 2 aromatic rings. The number of aliphatic hydroxyl groups excluding tert-OH is 1. The number of hydrogen-bond acceptors (Lipinski definition) is 4. The predicted molar refractivity (Wildman–Crippen MR) is 52.0 cm³/mol. The summed E-state index contributed by atoms with van der Waals surface area (Å²) in [6, 6.07) is 2.90. The number of aromatic nitrogens is 3. The summed E-state index contributed by atoms with van der Waals surface area (Å²) in [5.74, 6) is 0. The van der Waals surface area contributed by atoms with Crippen LogP contribution in [0.4, 0.5) is 0 Å². The van der Waals surface area contributed by atoms with Gasteiger partial charge < -0.3 is 10.8 Å². The SMILES string of the molecule is NC(CO)c1cnc2ccc(Cl)nn12. The number of fused-ring (bicyclic) bond motifs is 1. The zero-order chi connectivity index (χ0) is 10.1. The smallest absolute Gasteiger partial charge is 0.153 e. The van der Waals surface area contributed by atoms with Crippen molar-refractivity contribution in [2.45, 2.75) is 6.04 Å². The van der Waals surface area contributed by atoms with Crippen molar-refractivity contribution in [3.63, 3.8) is 0 Å². The summed E-state index contributed by atoms with van der Waals surface area (Å²) in [5.41, 5.74) is 6.96. The van der Waals surface area contributed by atoms with Gasteiger partial charge in [0.25, 0.3) is 0 Å². The monoisotopic (exact) mass is 212 g/mol. The molecule has 2 heterocycles. The highest BCUT2D eigenvalue weighted by atomic mass is 35.5. The molecule has 0 bridgehead atoms. The van der Waals surface area contributed by atoms with Crippen LogP contribution in [0.1, 0.15) is 11.7 Å². The lowest BCUT2D eigenvalue weighted by atomic mass is 10.2. The van der Waals surface area contributed by atoms with Crippen molar-refractivity contribution in [3.8, 4) is 0 Å². The molecule has 3 N–H and O–H groups in total. The van der Waals surface area contributed by atoms with Crippen LogP contribution in [0.15, 0.2) is 18.3 Å². The van der Waals surface area contributed by atoms with Crippen LogP contribution in [0.2, 0.25) is 5.15 Å². The molecule has 14 heavy (non-hydrogen) atoms. The van der Waals surface area contributed by atoms with Gasteiger partial charge in [-0.25, -0.2) is 9.50 Å². The quantitative estimate of drug-likeness (QED) is 0.755. The fraction of sp³-hybridized carbons (Fsp3) is 0.250. The second kappa shape index (κ2) is 3.53. The molecular weight excluding hydrogens is 204 g/mol. The summed E-state index contributed by atoms with van der Waals surface area (Å²) in [6.45, 7) is -0.151. The zero-order valence-electron chi connectivity index (χ0n) is 7.26. The molecule has 74 valence electrons. The van der Waals surface area contributed by atoms with E-state index in [1.165, 1.54) is 4.52 Å². The van der Waals surface area contributed by atoms with Gasteiger partial charge in [0.15, 0.2) is 5.65 Å². The van der Waals surface area contributed by atoms with E-state index in [0.29, 0.717) is 16.5 Å². The summed E-state index contributed by atoms with van der Waals surface area (Å²) in [6.07, 6.45) is 1.58. The first-order chi connectivity index (χ1) is 6.72. The average molecular weight is 213 g/mol. The maximum absolute atomic E-state index is 8.91. The summed E-state index contributed by atoms with van der Waals surface area (Å²) < 4.78 is 1.53. The van der Waals surface area contributed by atoms with Crippen molar-refractivity contribution in [2.24, 2.45) is 5.73 Å². The van der Waals surface area contributed by atoms with E-state index in [1.807, 2.05) is 0 Å². The summed E-state index contributed by atoms with van der Waals surface area (Å²) >= 11 is 5.73. The van der Waals surface area contributed by atoms with Gasteiger partial charge in [-0.2, -0.15) is 5.10 Å². The third-order valence-corrected chi connectivity index (χ3v) is 2.13. The van der Waals surface area contributed by atoms with E-state index in [9.17, 15) is 0 Å². The van der Waals surface area contributed by atoms with Gasteiger partial charge in [0, 0.05) is 0 Å². The lowest BCUT2D eigenvalue weighted by molar-refractivity contribution is 0.264. The number of nitrogens with zero attached hydrogens (tertiary/aromatic N) is 3. The summed E-state index contributed by atoms with van der Waals surface area (Å²) in [7, 11) is 0. The van der Waals surface area contributed by atoms with Crippen LogP contribution in [-0.2, 0) is 0 Å². The Kier molecular flexibility index (Phi) is 2.37. The molecule has 1 atom stereocenters. The number of nitrogens with two attached hydrogens (primary N) is 1. The molecule has 2 rings (SSSR count). The van der Waals surface area contributed by atoms with Gasteiger partial charge in [0.2, 0.25) is 0 Å². The topological polar surface area (TPSA) is 76.4 Å². The number of imidazole rings is 1. The lowest BCUT2D eigenvalue weighted by Crippen LogP contribution is -2.17. The molecular formula is C8H9ClN4O. The summed E-state index contributed by atoms with van der Waals surface area (Å²) in [4.78, 5) is 4.08. The standard InChI is InChI=1S/C8H9ClN4O/c9-7-1-2-8-11-3-6(5(10)4-14)13(8)12-7/h1-3,5,14H,4,10H2. The Morgan fingerprint density at radius 2 is 2.36 bits per heavy atom. The van der Waals surface area contributed by atoms with E-state index >= 15 is 0 Å². The van der Waals surface area contributed by atoms with Crippen LogP contribution in [0.5, 0.6) is 0 Å². The molecule has 0 saturated carbocycles. The molecule has 0 aromatic carbocycles. The third kappa shape index (κ3) is 1.45. The van der Waals surface area contributed by atoms with E-state index in [-0.39, 0.29) is 6.61 Å². The van der Waals surface area contributed by atoms with Crippen molar-refractivity contribution in [3.05, 3.63) is 29.2 Å². The van der Waals surface area contributed by atoms with Gasteiger partial charge >= 0.3 is 0 Å². The number of hydrogen-bond donors (Lipinski definition) is 2. The van der Waals surface area contributed by atoms with E-state index < -0.39 is 6.04 Å². The highest BCUT2D eigenvalue weighted by Gasteiger charge is 2.11. The molecule has 6 heteroatoms. The van der Waals surface area contributed by atoms with Crippen molar-refractivity contribution in [1.82, 2.24) is 14.6 Å². The summed E-state index contributed by atoms with van der Waals surface area (Å²) in [5, 5.41) is 13.3. The van der Waals surface area contributed by atoms with Crippen molar-refractivity contribution < 1.29 is 5.11 Å². The normalized spacial score (nSPS) is 13.4. The second-order valence-electron chi connectivity index (χ2n) is 2.90. The molecule has 1 unspecified atom stereocenters. The molecule has 0 radical (unpaired) electrons. The Labute approximate surface area is 85.1 Å². The van der Waals surface area contributed by atoms with Gasteiger partial charge in [-0.05, 0) is 12.1 Å². The molecule has 0 amide bonds. The first kappa shape index (κ1) is 9.39. The number of rotatable bonds is 2. The number of halogens is 1. The molecule has 2 aromatic heterocycles. The van der Waals surface area contributed by atoms with E-state index in [4.69, 9.17) is 22.4 Å². The van der Waals surface area contributed by atoms with Crippen molar-refractivity contribution in [1.29, 1.82) is 0 Å². The van der Waals surface area contributed by atoms with Gasteiger partial charge in [0.05, 0.1) is 24.5 Å². The molecule has 0 spiro atoms. The van der Waals surface area contributed by atoms with Gasteiger partial charge in [-0.15, -0.1) is 0 Å². The fourth-order valence-corrected chi connectivity index (χ4v) is 1.35. The average Bonchev–Trinajstić information content (AvgIpc) is 2.59. The van der Waals surface area contributed by atoms with E-state index in [2.05, 4.69) is 10.1 Å². The Bertz CT molecular complexity index is 456. The second-order valence-corrected chi connectivity index (χ2v) is 3.29. The van der Waals surface area contributed by atoms with Gasteiger partial charge in [-0.1, -0.05) is 11.6 Å². The molecule has 0 aliphatic carbocycles. The Morgan fingerprint density at radius 1 is 1.57 bits per heavy atom. The van der Waals surface area contributed by atoms with E-state index in [0.717, 1.165) is 0 Å². The minimum Gasteiger partial charge on any atom is -0.394 e. The minimum atomic E-state index is -0.490. The van der Waals surface area contributed by atoms with Crippen LogP contribution in [0.3, 0.4) is 0 Å². The van der Waals surface area contributed by atoms with Gasteiger partial charge in [-0.3, -0.25) is 0 Å². The molecule has 5 nitrogen and oxygen atoms in total. The highest BCUT2D eigenvalue weighted by molar-refractivity contribution is 6.29. The molecule has 0 aliphatic heterocycles. The third-order valence-electron chi connectivity index (χ3n) is 1.93. The lowest BCUT2D eigenvalue weighted by Gasteiger charge is -2.06. The van der Waals surface area contributed by atoms with Crippen LogP contribution in [0, 0.1) is 0 Å². The molecule has 0 fully saturated rings. The predicted octanol–water partition coefficient (Wildman–Crippen LogP) is 0.375. The van der Waals surface area contributed by atoms with Crippen LogP contribution in [-0.4, -0.2) is 26.3 Å². The van der Waals surface area contributed by atoms with E-state index in [1.54, 1.807) is 18.3 Å². The largest absolute Gasteiger partial charge is 0.394 e. The van der Waals surface area contributed by atoms with Crippen LogP contribution >= 0.6 is 11.6 Å². The molecule has 0 aliphatic rings. The Hall–Kier alpha value is -1.17. The van der Waals surface area contributed by atoms with Crippen molar-refractivity contribution >= 4 is 17.2 Å². The first-order valence-corrected chi connectivity index (χ1v) is 4.47. The Balaban J connectivity index is 2.61. The Morgan fingerprint density at radius 3 is 3.07 bits per heavy atom. The highest BCUT2D eigenvalue weighted by Crippen LogP contribution is 2.13.